The summed E-state index contributed by atoms with van der Waals surface area (Å²) in [5, 5.41) is 5.79. The smallest absolute Gasteiger partial charge is 0.257 e. The molecule has 0 unspecified atom stereocenters. The third-order valence-corrected chi connectivity index (χ3v) is 4.72. The number of carbonyl (C=O) groups is 2. The lowest BCUT2D eigenvalue weighted by Crippen LogP contribution is -2.34. The molecule has 0 saturated heterocycles. The number of hydrogen-bond acceptors (Lipinski definition) is 3. The highest BCUT2D eigenvalue weighted by Crippen LogP contribution is 2.14. The fourth-order valence-corrected chi connectivity index (χ4v) is 3.13. The molecule has 0 saturated carbocycles. The zero-order chi connectivity index (χ0) is 21.5. The van der Waals surface area contributed by atoms with Gasteiger partial charge in [0.25, 0.3) is 11.8 Å². The molecule has 3 rings (SSSR count). The average molecular weight is 418 g/mol. The lowest BCUT2D eigenvalue weighted by atomic mass is 10.1. The van der Waals surface area contributed by atoms with Gasteiger partial charge in [-0.1, -0.05) is 54.1 Å². The topological polar surface area (TPSA) is 61.4 Å². The minimum atomic E-state index is -0.290. The van der Waals surface area contributed by atoms with Crippen LogP contribution in [0.25, 0.3) is 0 Å². The fourth-order valence-electron chi connectivity index (χ4n) is 2.92. The molecule has 0 fully saturated rings. The number of rotatable bonds is 5. The molecule has 2 amide bonds. The van der Waals surface area contributed by atoms with Gasteiger partial charge in [-0.3, -0.25) is 14.9 Å². The number of benzene rings is 3. The van der Waals surface area contributed by atoms with Gasteiger partial charge in [-0.05, 0) is 55.0 Å². The summed E-state index contributed by atoms with van der Waals surface area (Å²) in [7, 11) is 1.77. The van der Waals surface area contributed by atoms with Gasteiger partial charge < -0.3 is 10.2 Å². The van der Waals surface area contributed by atoms with Gasteiger partial charge in [0.05, 0.1) is 0 Å². The molecule has 0 aliphatic heterocycles. The van der Waals surface area contributed by atoms with Crippen molar-refractivity contribution in [2.75, 3.05) is 12.4 Å². The second-order valence-corrected chi connectivity index (χ2v) is 7.41. The van der Waals surface area contributed by atoms with Crippen LogP contribution in [0.4, 0.5) is 5.69 Å². The Morgan fingerprint density at radius 1 is 0.900 bits per heavy atom. The van der Waals surface area contributed by atoms with Crippen molar-refractivity contribution in [2.45, 2.75) is 13.5 Å². The molecular weight excluding hydrogens is 394 g/mol. The summed E-state index contributed by atoms with van der Waals surface area (Å²) in [6, 6.07) is 24.1. The quantitative estimate of drug-likeness (QED) is 0.605. The molecule has 3 aromatic carbocycles. The van der Waals surface area contributed by atoms with Crippen LogP contribution in [-0.2, 0) is 6.54 Å². The predicted molar refractivity (Wildman–Crippen MR) is 124 cm³/mol. The van der Waals surface area contributed by atoms with Crippen LogP contribution in [0.3, 0.4) is 0 Å². The highest BCUT2D eigenvalue weighted by molar-refractivity contribution is 7.80. The molecule has 3 aromatic rings. The molecule has 0 radical (unpaired) electrons. The van der Waals surface area contributed by atoms with Crippen molar-refractivity contribution in [1.29, 1.82) is 0 Å². The molecular formula is C24H23N3O2S. The summed E-state index contributed by atoms with van der Waals surface area (Å²) >= 11 is 5.25. The summed E-state index contributed by atoms with van der Waals surface area (Å²) in [6.45, 7) is 2.47. The van der Waals surface area contributed by atoms with Crippen molar-refractivity contribution in [3.8, 4) is 0 Å². The van der Waals surface area contributed by atoms with Crippen molar-refractivity contribution in [3.63, 3.8) is 0 Å². The number of thiocarbonyl (C=S) groups is 1. The van der Waals surface area contributed by atoms with Crippen LogP contribution < -0.4 is 10.6 Å². The second kappa shape index (κ2) is 9.80. The first kappa shape index (κ1) is 21.2. The number of anilines is 1. The largest absolute Gasteiger partial charge is 0.337 e. The fraction of sp³-hybridized carbons (Fsp3) is 0.125. The summed E-state index contributed by atoms with van der Waals surface area (Å²) in [5.74, 6) is -0.389. The Morgan fingerprint density at radius 2 is 1.60 bits per heavy atom. The van der Waals surface area contributed by atoms with Gasteiger partial charge >= 0.3 is 0 Å². The van der Waals surface area contributed by atoms with Crippen LogP contribution in [-0.4, -0.2) is 28.9 Å². The molecule has 0 atom stereocenters. The van der Waals surface area contributed by atoms with Gasteiger partial charge in [-0.25, -0.2) is 0 Å². The van der Waals surface area contributed by atoms with E-state index in [1.54, 1.807) is 48.3 Å². The SMILES string of the molecule is Cc1ccc(C(=O)NC(=S)Nc2cccc(C(=O)N(C)Cc3ccccc3)c2)cc1. The van der Waals surface area contributed by atoms with E-state index in [1.165, 1.54) is 0 Å². The van der Waals surface area contributed by atoms with Gasteiger partial charge in [-0.2, -0.15) is 0 Å². The van der Waals surface area contributed by atoms with Crippen molar-refractivity contribution in [1.82, 2.24) is 10.2 Å². The van der Waals surface area contributed by atoms with Crippen LogP contribution in [0.5, 0.6) is 0 Å². The first-order valence-electron chi connectivity index (χ1n) is 9.51. The molecule has 0 bridgehead atoms. The van der Waals surface area contributed by atoms with E-state index in [0.717, 1.165) is 11.1 Å². The maximum Gasteiger partial charge on any atom is 0.257 e. The second-order valence-electron chi connectivity index (χ2n) is 7.00. The zero-order valence-corrected chi connectivity index (χ0v) is 17.7. The Balaban J connectivity index is 1.61. The monoisotopic (exact) mass is 417 g/mol. The number of hydrogen-bond donors (Lipinski definition) is 2. The molecule has 0 aromatic heterocycles. The Kier molecular flexibility index (Phi) is 6.93. The number of nitrogens with one attached hydrogen (secondary N) is 2. The molecule has 2 N–H and O–H groups in total. The minimum absolute atomic E-state index is 0.0999. The number of nitrogens with zero attached hydrogens (tertiary/aromatic N) is 1. The van der Waals surface area contributed by atoms with Crippen LogP contribution in [0.2, 0.25) is 0 Å². The number of aryl methyl sites for hydroxylation is 1. The zero-order valence-electron chi connectivity index (χ0n) is 16.9. The molecule has 30 heavy (non-hydrogen) atoms. The first-order valence-corrected chi connectivity index (χ1v) is 9.91. The summed E-state index contributed by atoms with van der Waals surface area (Å²) in [6.07, 6.45) is 0. The summed E-state index contributed by atoms with van der Waals surface area (Å²) < 4.78 is 0. The van der Waals surface area contributed by atoms with E-state index in [-0.39, 0.29) is 16.9 Å². The number of carbonyl (C=O) groups excluding carboxylic acids is 2. The predicted octanol–water partition coefficient (Wildman–Crippen LogP) is 4.39. The highest BCUT2D eigenvalue weighted by Gasteiger charge is 2.13. The summed E-state index contributed by atoms with van der Waals surface area (Å²) in [5.41, 5.74) is 3.82. The molecule has 0 spiro atoms. The molecule has 0 heterocycles. The average Bonchev–Trinajstić information content (AvgIpc) is 2.74. The first-order chi connectivity index (χ1) is 14.4. The number of amides is 2. The van der Waals surface area contributed by atoms with E-state index in [1.807, 2.05) is 49.4 Å². The van der Waals surface area contributed by atoms with Gasteiger partial charge in [0, 0.05) is 30.4 Å². The molecule has 0 aliphatic rings. The standard InChI is InChI=1S/C24H23N3O2S/c1-17-11-13-19(14-12-17)22(28)26-24(30)25-21-10-6-9-20(15-21)23(29)27(2)16-18-7-4-3-5-8-18/h3-15H,16H2,1-2H3,(H2,25,26,28,30). The van der Waals surface area contributed by atoms with Gasteiger partial charge in [-0.15, -0.1) is 0 Å². The van der Waals surface area contributed by atoms with Crippen molar-refractivity contribution >= 4 is 34.8 Å². The Hall–Kier alpha value is -3.51. The maximum absolute atomic E-state index is 12.8. The van der Waals surface area contributed by atoms with E-state index < -0.39 is 0 Å². The van der Waals surface area contributed by atoms with E-state index in [0.29, 0.717) is 23.4 Å². The van der Waals surface area contributed by atoms with E-state index in [2.05, 4.69) is 10.6 Å². The third-order valence-electron chi connectivity index (χ3n) is 4.52. The van der Waals surface area contributed by atoms with Crippen molar-refractivity contribution in [3.05, 3.63) is 101 Å². The Morgan fingerprint density at radius 3 is 2.30 bits per heavy atom. The molecule has 6 heteroatoms. The molecule has 5 nitrogen and oxygen atoms in total. The van der Waals surface area contributed by atoms with Gasteiger partial charge in [0.2, 0.25) is 0 Å². The Bertz CT molecular complexity index is 1050. The lowest BCUT2D eigenvalue weighted by molar-refractivity contribution is 0.0785. The maximum atomic E-state index is 12.8. The van der Waals surface area contributed by atoms with Crippen molar-refractivity contribution in [2.24, 2.45) is 0 Å². The lowest BCUT2D eigenvalue weighted by Gasteiger charge is -2.18. The molecule has 152 valence electrons. The molecule has 0 aliphatic carbocycles. The van der Waals surface area contributed by atoms with Crippen LogP contribution >= 0.6 is 12.2 Å². The van der Waals surface area contributed by atoms with Crippen LogP contribution in [0.1, 0.15) is 31.8 Å². The van der Waals surface area contributed by atoms with Crippen LogP contribution in [0.15, 0.2) is 78.9 Å². The summed E-state index contributed by atoms with van der Waals surface area (Å²) in [4.78, 5) is 26.7. The Labute approximate surface area is 181 Å². The highest BCUT2D eigenvalue weighted by atomic mass is 32.1. The third kappa shape index (κ3) is 5.75. The normalized spacial score (nSPS) is 10.2. The van der Waals surface area contributed by atoms with Gasteiger partial charge in [0.1, 0.15) is 0 Å². The van der Waals surface area contributed by atoms with E-state index in [4.69, 9.17) is 12.2 Å². The van der Waals surface area contributed by atoms with Crippen LogP contribution in [0, 0.1) is 6.92 Å². The van der Waals surface area contributed by atoms with Gasteiger partial charge in [0.15, 0.2) is 5.11 Å². The van der Waals surface area contributed by atoms with E-state index >= 15 is 0 Å². The van der Waals surface area contributed by atoms with E-state index in [9.17, 15) is 9.59 Å². The minimum Gasteiger partial charge on any atom is -0.337 e. The van der Waals surface area contributed by atoms with Crippen molar-refractivity contribution < 1.29 is 9.59 Å².